The van der Waals surface area contributed by atoms with Crippen molar-refractivity contribution in [2.75, 3.05) is 31.1 Å². The summed E-state index contributed by atoms with van der Waals surface area (Å²) >= 11 is 0. The van der Waals surface area contributed by atoms with E-state index < -0.39 is 0 Å². The van der Waals surface area contributed by atoms with Gasteiger partial charge in [0, 0.05) is 32.2 Å². The molecule has 3 rings (SSSR count). The summed E-state index contributed by atoms with van der Waals surface area (Å²) in [6, 6.07) is 1.67. The number of hydrogen-bond donors (Lipinski definition) is 3. The highest BCUT2D eigenvalue weighted by Crippen LogP contribution is 2.26. The standard InChI is InChI=1S/C10H13N5O.2ClH/c16-8-5-7-9(14-8)12-6-13-10(7)15-3-1-11-2-4-15;;/h5-6,11,16H,1-4H2,(H,12,13,14);2*1H. The first-order valence-electron chi connectivity index (χ1n) is 5.33. The molecule has 0 spiro atoms. The molecule has 0 unspecified atom stereocenters. The van der Waals surface area contributed by atoms with Crippen LogP contribution in [0.2, 0.25) is 0 Å². The molecular formula is C10H15Cl2N5O. The lowest BCUT2D eigenvalue weighted by Gasteiger charge is -2.28. The van der Waals surface area contributed by atoms with E-state index in [0.717, 1.165) is 37.4 Å². The second-order valence-electron chi connectivity index (χ2n) is 3.85. The maximum atomic E-state index is 9.42. The first-order valence-corrected chi connectivity index (χ1v) is 5.33. The molecule has 18 heavy (non-hydrogen) atoms. The predicted molar refractivity (Wildman–Crippen MR) is 75.1 cm³/mol. The minimum absolute atomic E-state index is 0. The largest absolute Gasteiger partial charge is 0.495 e. The zero-order valence-corrected chi connectivity index (χ0v) is 11.2. The number of H-pyrrole nitrogens is 1. The van der Waals surface area contributed by atoms with Crippen LogP contribution < -0.4 is 10.2 Å². The van der Waals surface area contributed by atoms with Gasteiger partial charge in [0.05, 0.1) is 5.39 Å². The van der Waals surface area contributed by atoms with Gasteiger partial charge in [0.1, 0.15) is 17.8 Å². The number of nitrogens with zero attached hydrogens (tertiary/aromatic N) is 3. The molecule has 0 bridgehead atoms. The van der Waals surface area contributed by atoms with Gasteiger partial charge in [-0.1, -0.05) is 0 Å². The van der Waals surface area contributed by atoms with Crippen LogP contribution in [0.4, 0.5) is 5.82 Å². The number of fused-ring (bicyclic) bond motifs is 1. The van der Waals surface area contributed by atoms with Crippen LogP contribution in [-0.4, -0.2) is 46.2 Å². The van der Waals surface area contributed by atoms with Crippen LogP contribution >= 0.6 is 24.8 Å². The monoisotopic (exact) mass is 291 g/mol. The number of rotatable bonds is 1. The molecule has 1 saturated heterocycles. The lowest BCUT2D eigenvalue weighted by atomic mass is 10.3. The Bertz CT molecular complexity index is 512. The fraction of sp³-hybridized carbons (Fsp3) is 0.400. The lowest BCUT2D eigenvalue weighted by molar-refractivity contribution is 0.458. The van der Waals surface area contributed by atoms with Crippen molar-refractivity contribution in [2.24, 2.45) is 0 Å². The number of hydrogen-bond acceptors (Lipinski definition) is 5. The highest BCUT2D eigenvalue weighted by molar-refractivity contribution is 5.88. The van der Waals surface area contributed by atoms with Gasteiger partial charge in [-0.05, 0) is 0 Å². The van der Waals surface area contributed by atoms with Crippen molar-refractivity contribution in [3.05, 3.63) is 12.4 Å². The number of halogens is 2. The van der Waals surface area contributed by atoms with Crippen LogP contribution in [0, 0.1) is 0 Å². The van der Waals surface area contributed by atoms with Crippen LogP contribution in [0.25, 0.3) is 11.0 Å². The van der Waals surface area contributed by atoms with Crippen molar-refractivity contribution in [3.8, 4) is 5.88 Å². The fourth-order valence-electron chi connectivity index (χ4n) is 2.04. The van der Waals surface area contributed by atoms with Crippen molar-refractivity contribution in [1.29, 1.82) is 0 Å². The Balaban J connectivity index is 0.000000810. The molecule has 3 N–H and O–H groups in total. The van der Waals surface area contributed by atoms with Gasteiger partial charge in [-0.15, -0.1) is 24.8 Å². The minimum Gasteiger partial charge on any atom is -0.495 e. The second-order valence-corrected chi connectivity index (χ2v) is 3.85. The lowest BCUT2D eigenvalue weighted by Crippen LogP contribution is -2.43. The Morgan fingerprint density at radius 3 is 2.61 bits per heavy atom. The summed E-state index contributed by atoms with van der Waals surface area (Å²) in [5.74, 6) is 1.02. The van der Waals surface area contributed by atoms with E-state index >= 15 is 0 Å². The van der Waals surface area contributed by atoms with E-state index in [2.05, 4.69) is 25.2 Å². The number of aromatic nitrogens is 3. The van der Waals surface area contributed by atoms with Crippen molar-refractivity contribution >= 4 is 41.7 Å². The summed E-state index contributed by atoms with van der Waals surface area (Å²) in [7, 11) is 0. The molecule has 0 atom stereocenters. The molecular weight excluding hydrogens is 277 g/mol. The Hall–Kier alpha value is -1.24. The van der Waals surface area contributed by atoms with Crippen molar-refractivity contribution < 1.29 is 5.11 Å². The van der Waals surface area contributed by atoms with Crippen LogP contribution in [0.3, 0.4) is 0 Å². The van der Waals surface area contributed by atoms with Crippen LogP contribution in [0.1, 0.15) is 0 Å². The van der Waals surface area contributed by atoms with Gasteiger partial charge in [-0.2, -0.15) is 0 Å². The normalized spacial score (nSPS) is 15.0. The van der Waals surface area contributed by atoms with Crippen LogP contribution in [0.5, 0.6) is 5.88 Å². The maximum Gasteiger partial charge on any atom is 0.190 e. The smallest absolute Gasteiger partial charge is 0.190 e. The summed E-state index contributed by atoms with van der Waals surface area (Å²) in [4.78, 5) is 13.4. The highest BCUT2D eigenvalue weighted by Gasteiger charge is 2.16. The Morgan fingerprint density at radius 2 is 1.89 bits per heavy atom. The molecule has 1 fully saturated rings. The van der Waals surface area contributed by atoms with E-state index in [-0.39, 0.29) is 30.7 Å². The minimum atomic E-state index is 0. The maximum absolute atomic E-state index is 9.42. The van der Waals surface area contributed by atoms with E-state index in [1.807, 2.05) is 0 Å². The molecule has 1 aliphatic heterocycles. The zero-order valence-electron chi connectivity index (χ0n) is 9.59. The third kappa shape index (κ3) is 2.60. The molecule has 2 aromatic rings. The molecule has 0 aliphatic carbocycles. The SMILES string of the molecule is Cl.Cl.Oc1cc2c(N3CCNCC3)ncnc2[nH]1. The van der Waals surface area contributed by atoms with E-state index in [0.29, 0.717) is 5.65 Å². The molecule has 0 aromatic carbocycles. The third-order valence-electron chi connectivity index (χ3n) is 2.81. The summed E-state index contributed by atoms with van der Waals surface area (Å²) < 4.78 is 0. The van der Waals surface area contributed by atoms with Crippen molar-refractivity contribution in [3.63, 3.8) is 0 Å². The molecule has 3 heterocycles. The first kappa shape index (κ1) is 14.8. The first-order chi connectivity index (χ1) is 7.84. The van der Waals surface area contributed by atoms with Gasteiger partial charge in [0.15, 0.2) is 5.88 Å². The number of aromatic hydroxyl groups is 1. The Kier molecular flexibility index (Phi) is 5.01. The summed E-state index contributed by atoms with van der Waals surface area (Å²) in [5.41, 5.74) is 0.682. The van der Waals surface area contributed by atoms with Gasteiger partial charge >= 0.3 is 0 Å². The molecule has 8 heteroatoms. The van der Waals surface area contributed by atoms with Gasteiger partial charge < -0.3 is 20.3 Å². The molecule has 0 saturated carbocycles. The Morgan fingerprint density at radius 1 is 1.17 bits per heavy atom. The summed E-state index contributed by atoms with van der Waals surface area (Å²) in [6.07, 6.45) is 1.52. The van der Waals surface area contributed by atoms with E-state index in [1.54, 1.807) is 6.07 Å². The highest BCUT2D eigenvalue weighted by atomic mass is 35.5. The topological polar surface area (TPSA) is 77.1 Å². The Labute approximate surface area is 117 Å². The number of anilines is 1. The molecule has 100 valence electrons. The zero-order chi connectivity index (χ0) is 11.0. The third-order valence-corrected chi connectivity index (χ3v) is 2.81. The second kappa shape index (κ2) is 6.08. The summed E-state index contributed by atoms with van der Waals surface area (Å²) in [5, 5.41) is 13.6. The number of piperazine rings is 1. The average molecular weight is 292 g/mol. The number of nitrogens with one attached hydrogen (secondary N) is 2. The predicted octanol–water partition coefficient (Wildman–Crippen LogP) is 0.917. The van der Waals surface area contributed by atoms with Gasteiger partial charge in [0.2, 0.25) is 0 Å². The molecule has 6 nitrogen and oxygen atoms in total. The average Bonchev–Trinajstić information content (AvgIpc) is 2.70. The molecule has 0 amide bonds. The molecule has 0 radical (unpaired) electrons. The van der Waals surface area contributed by atoms with Crippen LogP contribution in [0.15, 0.2) is 12.4 Å². The molecule has 2 aromatic heterocycles. The van der Waals surface area contributed by atoms with Crippen molar-refractivity contribution in [2.45, 2.75) is 0 Å². The van der Waals surface area contributed by atoms with Gasteiger partial charge in [-0.25, -0.2) is 9.97 Å². The van der Waals surface area contributed by atoms with Crippen molar-refractivity contribution in [1.82, 2.24) is 20.3 Å². The van der Waals surface area contributed by atoms with Gasteiger partial charge in [-0.3, -0.25) is 0 Å². The quantitative estimate of drug-likeness (QED) is 0.728. The van der Waals surface area contributed by atoms with E-state index in [4.69, 9.17) is 0 Å². The van der Waals surface area contributed by atoms with Gasteiger partial charge in [0.25, 0.3) is 0 Å². The van der Waals surface area contributed by atoms with E-state index in [9.17, 15) is 5.11 Å². The fourth-order valence-corrected chi connectivity index (χ4v) is 2.04. The summed E-state index contributed by atoms with van der Waals surface area (Å²) in [6.45, 7) is 3.78. The van der Waals surface area contributed by atoms with E-state index in [1.165, 1.54) is 6.33 Å². The molecule has 1 aliphatic rings. The van der Waals surface area contributed by atoms with Crippen LogP contribution in [-0.2, 0) is 0 Å². The number of aromatic amines is 1.